The van der Waals surface area contributed by atoms with Gasteiger partial charge in [-0.1, -0.05) is 0 Å². The average Bonchev–Trinajstić information content (AvgIpc) is 4.07. The fraction of sp³-hybridized carbons (Fsp3) is 0.571. The second-order valence-corrected chi connectivity index (χ2v) is 15.4. The van der Waals surface area contributed by atoms with Crippen LogP contribution >= 0.6 is 0 Å². The summed E-state index contributed by atoms with van der Waals surface area (Å²) in [6.45, 7) is 0. The Kier molecular flexibility index (Phi) is 9.42. The molecule has 2 saturated heterocycles. The van der Waals surface area contributed by atoms with Crippen LogP contribution in [0.1, 0.15) is 49.9 Å². The molecule has 10 atom stereocenters. The van der Waals surface area contributed by atoms with Gasteiger partial charge in [0.25, 0.3) is 0 Å². The van der Waals surface area contributed by atoms with Crippen molar-refractivity contribution in [1.82, 2.24) is 29.2 Å². The van der Waals surface area contributed by atoms with Crippen molar-refractivity contribution in [2.75, 3.05) is 11.5 Å². The number of alkyl halides is 6. The summed E-state index contributed by atoms with van der Waals surface area (Å²) in [5.74, 6) is -0.105. The predicted molar refractivity (Wildman–Crippen MR) is 183 cm³/mol. The van der Waals surface area contributed by atoms with E-state index in [4.69, 9.17) is 30.4 Å². The van der Waals surface area contributed by atoms with Crippen LogP contribution in [0.2, 0.25) is 0 Å². The van der Waals surface area contributed by atoms with Crippen LogP contribution in [-0.4, -0.2) is 117 Å². The van der Waals surface area contributed by atoms with Crippen molar-refractivity contribution in [3.8, 4) is 12.1 Å². The lowest BCUT2D eigenvalue weighted by Gasteiger charge is -2.34. The Balaban J connectivity index is 1.07. The second-order valence-electron chi connectivity index (χ2n) is 15.4. The van der Waals surface area contributed by atoms with Gasteiger partial charge in [0.2, 0.25) is 11.2 Å². The van der Waals surface area contributed by atoms with E-state index in [0.717, 1.165) is 21.7 Å². The molecule has 19 nitrogen and oxygen atoms in total. The number of carbonyl (C=O) groups is 1. The van der Waals surface area contributed by atoms with Gasteiger partial charge in [-0.2, -0.15) is 47.1 Å². The van der Waals surface area contributed by atoms with E-state index in [-0.39, 0.29) is 34.1 Å². The number of ether oxygens (including phenoxy) is 4. The summed E-state index contributed by atoms with van der Waals surface area (Å²) >= 11 is 0. The largest absolute Gasteiger partial charge is 0.508 e. The lowest BCUT2D eigenvalue weighted by atomic mass is 9.89. The molecule has 320 valence electrons. The van der Waals surface area contributed by atoms with Crippen LogP contribution in [0, 0.1) is 33.5 Å². The molecule has 4 aromatic rings. The first-order valence-electron chi connectivity index (χ1n) is 18.3. The van der Waals surface area contributed by atoms with Gasteiger partial charge >= 0.3 is 18.5 Å². The van der Waals surface area contributed by atoms with Gasteiger partial charge < -0.3 is 50.8 Å². The second kappa shape index (κ2) is 13.7. The summed E-state index contributed by atoms with van der Waals surface area (Å²) in [7, 11) is 0. The Morgan fingerprint density at radius 3 is 1.43 bits per heavy atom. The van der Waals surface area contributed by atoms with Crippen LogP contribution in [-0.2, 0) is 30.1 Å². The van der Waals surface area contributed by atoms with E-state index in [1.807, 2.05) is 0 Å². The lowest BCUT2D eigenvalue weighted by molar-refractivity contribution is -0.232. The van der Waals surface area contributed by atoms with E-state index < -0.39 is 128 Å². The predicted octanol–water partition coefficient (Wildman–Crippen LogP) is 1.67. The molecule has 4 aromatic heterocycles. The Hall–Kier alpha value is -5.57. The molecule has 0 amide bonds. The maximum absolute atomic E-state index is 14.7. The third kappa shape index (κ3) is 5.97. The molecule has 4 fully saturated rings. The molecule has 25 heteroatoms. The molecule has 8 N–H and O–H groups in total. The van der Waals surface area contributed by atoms with Crippen LogP contribution in [0.4, 0.5) is 42.8 Å². The van der Waals surface area contributed by atoms with E-state index in [9.17, 15) is 62.1 Å². The summed E-state index contributed by atoms with van der Waals surface area (Å²) in [5, 5.41) is 73.1. The van der Waals surface area contributed by atoms with Gasteiger partial charge in [0, 0.05) is 12.8 Å². The fourth-order valence-electron chi connectivity index (χ4n) is 8.51. The molecule has 0 bridgehead atoms. The number of anilines is 2. The molecule has 8 rings (SSSR count). The third-order valence-corrected chi connectivity index (χ3v) is 12.3. The van der Waals surface area contributed by atoms with Crippen LogP contribution in [0.3, 0.4) is 0 Å². The van der Waals surface area contributed by atoms with Crippen LogP contribution in [0.25, 0.3) is 11.0 Å². The van der Waals surface area contributed by atoms with Crippen molar-refractivity contribution in [3.05, 3.63) is 48.3 Å². The number of hydrogen-bond acceptors (Lipinski definition) is 17. The first-order valence-corrected chi connectivity index (χ1v) is 18.3. The number of aromatic nitrogens is 6. The number of nitrogens with two attached hydrogens (primary N) is 2. The van der Waals surface area contributed by atoms with Crippen LogP contribution in [0.5, 0.6) is 0 Å². The quantitative estimate of drug-likeness (QED) is 0.0977. The maximum Gasteiger partial charge on any atom is 0.508 e. The average molecular weight is 853 g/mol. The summed E-state index contributed by atoms with van der Waals surface area (Å²) in [6.07, 6.45) is -31.5. The number of hydrogen-bond donors (Lipinski definition) is 6. The number of halogens is 6. The molecular weight excluding hydrogens is 818 g/mol. The van der Waals surface area contributed by atoms with Gasteiger partial charge in [-0.05, 0) is 49.9 Å². The van der Waals surface area contributed by atoms with Gasteiger partial charge in [0.15, 0.2) is 11.6 Å². The number of nitriles is 2. The maximum atomic E-state index is 14.7. The van der Waals surface area contributed by atoms with Crippen LogP contribution < -0.4 is 11.5 Å². The Bertz CT molecular complexity index is 2260. The number of aliphatic hydroxyl groups excluding tert-OH is 4. The molecule has 0 spiro atoms. The van der Waals surface area contributed by atoms with Crippen LogP contribution in [0.15, 0.2) is 36.9 Å². The summed E-state index contributed by atoms with van der Waals surface area (Å²) in [4.78, 5) is 21.2. The topological polar surface area (TPSA) is 295 Å². The zero-order chi connectivity index (χ0) is 43.4. The number of carbonyl (C=O) groups excluding carboxylic acids is 1. The number of nitrogens with zero attached hydrogens (tertiary/aromatic N) is 8. The Morgan fingerprint density at radius 2 is 1.12 bits per heavy atom. The van der Waals surface area contributed by atoms with Crippen molar-refractivity contribution in [3.63, 3.8) is 0 Å². The van der Waals surface area contributed by atoms with E-state index in [2.05, 4.69) is 20.2 Å². The molecular formula is C35H34F6N10O9. The van der Waals surface area contributed by atoms with E-state index in [1.54, 1.807) is 12.1 Å². The monoisotopic (exact) mass is 852 g/mol. The molecule has 6 heterocycles. The van der Waals surface area contributed by atoms with Gasteiger partial charge in [-0.3, -0.25) is 0 Å². The van der Waals surface area contributed by atoms with E-state index in [1.165, 1.54) is 24.3 Å². The van der Waals surface area contributed by atoms with Crippen molar-refractivity contribution in [2.24, 2.45) is 10.8 Å². The van der Waals surface area contributed by atoms with E-state index >= 15 is 0 Å². The fourth-order valence-corrected chi connectivity index (χ4v) is 8.51. The van der Waals surface area contributed by atoms with Gasteiger partial charge in [-0.25, -0.2) is 23.8 Å². The highest BCUT2D eigenvalue weighted by Gasteiger charge is 2.72. The standard InChI is InChI=1S/C35H34F6N10O9/c36-34(37,38)30(5-6-30)21(9-17-23(52)25(54)32(11-42,59-17)19-3-1-15-27(44)46-13-48-50(15)19)57-29(56)58-22(31(7-8-31)35(39,40)41)10-18-24(53)26(55)33(12-43,60-18)20-4-2-16-28(45)47-14-49-51(16)20/h1-4,13-14,17-18,21-26,52-55H,5-10H2,(H2,44,46,48)(H2,45,47,49)/t17-,18-,21?,22?,23-,24-,25-,26-,32+,33+/m1/s1. The summed E-state index contributed by atoms with van der Waals surface area (Å²) in [5.41, 5.74) is 1.13. The highest BCUT2D eigenvalue weighted by Crippen LogP contribution is 2.64. The van der Waals surface area contributed by atoms with Crippen molar-refractivity contribution in [1.29, 1.82) is 10.5 Å². The molecule has 0 aromatic carbocycles. The number of rotatable bonds is 10. The Morgan fingerprint density at radius 1 is 0.750 bits per heavy atom. The first-order chi connectivity index (χ1) is 28.2. The highest BCUT2D eigenvalue weighted by atomic mass is 19.4. The third-order valence-electron chi connectivity index (χ3n) is 12.3. The van der Waals surface area contributed by atoms with Crippen molar-refractivity contribution >= 4 is 28.8 Å². The summed E-state index contributed by atoms with van der Waals surface area (Å²) < 4.78 is 112. The zero-order valence-corrected chi connectivity index (χ0v) is 30.7. The summed E-state index contributed by atoms with van der Waals surface area (Å²) in [6, 6.07) is 8.71. The minimum atomic E-state index is -5.08. The molecule has 2 aliphatic carbocycles. The zero-order valence-electron chi connectivity index (χ0n) is 30.7. The molecule has 0 radical (unpaired) electrons. The normalized spacial score (nSPS) is 31.7. The van der Waals surface area contributed by atoms with Gasteiger partial charge in [0.1, 0.15) is 83.3 Å². The molecule has 2 unspecified atom stereocenters. The Labute approximate surface area is 332 Å². The van der Waals surface area contributed by atoms with E-state index in [0.29, 0.717) is 0 Å². The molecule has 60 heavy (non-hydrogen) atoms. The molecule has 4 aliphatic rings. The number of aliphatic hydroxyl groups is 4. The minimum Gasteiger partial charge on any atom is -0.430 e. The first kappa shape index (κ1) is 41.2. The van der Waals surface area contributed by atoms with Crippen molar-refractivity contribution in [2.45, 2.75) is 111 Å². The van der Waals surface area contributed by atoms with Gasteiger partial charge in [0.05, 0.1) is 23.6 Å². The number of fused-ring (bicyclic) bond motifs is 2. The molecule has 2 aliphatic heterocycles. The molecule has 2 saturated carbocycles. The number of nitrogen functional groups attached to an aromatic ring is 2. The highest BCUT2D eigenvalue weighted by molar-refractivity contribution is 5.67. The minimum absolute atomic E-state index is 0.0524. The van der Waals surface area contributed by atoms with Crippen molar-refractivity contribution < 1.29 is 70.5 Å². The SMILES string of the molecule is N#C[C@@]1(c2ccc3c(N)ncnn23)O[C@H](CC(OC(=O)OC(C[C@H]2O[C@@](C#N)(c3ccc4c(N)ncnn34)[C@H](O)[C@@H]2O)C2(C(F)(F)F)CC2)C2(C(F)(F)F)CC2)[C@@H](O)[C@H]1O. The smallest absolute Gasteiger partial charge is 0.430 e. The lowest BCUT2D eigenvalue weighted by Crippen LogP contribution is -2.46. The van der Waals surface area contributed by atoms with Gasteiger partial charge in [-0.15, -0.1) is 0 Å².